The van der Waals surface area contributed by atoms with Crippen LogP contribution in [0.25, 0.3) is 5.65 Å². The highest BCUT2D eigenvalue weighted by Crippen LogP contribution is 2.15. The van der Waals surface area contributed by atoms with Gasteiger partial charge in [0.05, 0.1) is 6.20 Å². The van der Waals surface area contributed by atoms with Gasteiger partial charge in [-0.15, -0.1) is 0 Å². The standard InChI is InChI=1S/C10H14N6O/c1-6(10(17)12-2)14-8-9-13-3-4-16(9)5-7(11)15-8/h3-6H,11H2,1-2H3,(H,12,17)(H,14,15). The van der Waals surface area contributed by atoms with Crippen LogP contribution in [0.15, 0.2) is 18.6 Å². The zero-order valence-corrected chi connectivity index (χ0v) is 9.64. The van der Waals surface area contributed by atoms with Crippen molar-refractivity contribution in [3.63, 3.8) is 0 Å². The highest BCUT2D eigenvalue weighted by Gasteiger charge is 2.14. The van der Waals surface area contributed by atoms with Gasteiger partial charge in [-0.2, -0.15) is 0 Å². The average molecular weight is 234 g/mol. The Kier molecular flexibility index (Phi) is 2.82. The van der Waals surface area contributed by atoms with Gasteiger partial charge in [0.1, 0.15) is 11.9 Å². The lowest BCUT2D eigenvalue weighted by atomic mass is 10.3. The van der Waals surface area contributed by atoms with Crippen LogP contribution in [0.1, 0.15) is 6.92 Å². The minimum Gasteiger partial charge on any atom is -0.382 e. The van der Waals surface area contributed by atoms with Crippen molar-refractivity contribution >= 4 is 23.2 Å². The van der Waals surface area contributed by atoms with E-state index in [9.17, 15) is 4.79 Å². The Morgan fingerprint density at radius 2 is 2.35 bits per heavy atom. The monoisotopic (exact) mass is 234 g/mol. The van der Waals surface area contributed by atoms with E-state index in [0.717, 1.165) is 0 Å². The number of imidazole rings is 1. The van der Waals surface area contributed by atoms with Crippen LogP contribution in [-0.2, 0) is 4.79 Å². The van der Waals surface area contributed by atoms with Gasteiger partial charge in [-0.25, -0.2) is 9.97 Å². The first-order valence-electron chi connectivity index (χ1n) is 5.19. The molecular formula is C10H14N6O. The van der Waals surface area contributed by atoms with Gasteiger partial charge < -0.3 is 20.8 Å². The van der Waals surface area contributed by atoms with Crippen LogP contribution in [0.2, 0.25) is 0 Å². The Morgan fingerprint density at radius 1 is 1.59 bits per heavy atom. The second-order valence-corrected chi connectivity index (χ2v) is 3.65. The number of hydrogen-bond acceptors (Lipinski definition) is 5. The number of likely N-dealkylation sites (N-methyl/N-ethyl adjacent to an activating group) is 1. The van der Waals surface area contributed by atoms with Crippen molar-refractivity contribution in [2.24, 2.45) is 0 Å². The lowest BCUT2D eigenvalue weighted by Crippen LogP contribution is -2.35. The van der Waals surface area contributed by atoms with Crippen molar-refractivity contribution in [1.82, 2.24) is 19.7 Å². The fraction of sp³-hybridized carbons (Fsp3) is 0.300. The van der Waals surface area contributed by atoms with Gasteiger partial charge in [-0.3, -0.25) is 4.79 Å². The largest absolute Gasteiger partial charge is 0.382 e. The lowest BCUT2D eigenvalue weighted by molar-refractivity contribution is -0.121. The average Bonchev–Trinajstić information content (AvgIpc) is 2.75. The fourth-order valence-corrected chi connectivity index (χ4v) is 1.54. The molecule has 1 atom stereocenters. The predicted molar refractivity (Wildman–Crippen MR) is 64.6 cm³/mol. The molecule has 7 nitrogen and oxygen atoms in total. The highest BCUT2D eigenvalue weighted by molar-refractivity contribution is 5.84. The molecule has 0 aliphatic heterocycles. The van der Waals surface area contributed by atoms with Gasteiger partial charge in [0, 0.05) is 19.4 Å². The minimum absolute atomic E-state index is 0.126. The molecule has 0 saturated carbocycles. The van der Waals surface area contributed by atoms with Crippen molar-refractivity contribution in [2.45, 2.75) is 13.0 Å². The fourth-order valence-electron chi connectivity index (χ4n) is 1.54. The van der Waals surface area contributed by atoms with Crippen molar-refractivity contribution in [3.8, 4) is 0 Å². The molecule has 17 heavy (non-hydrogen) atoms. The molecule has 0 fully saturated rings. The van der Waals surface area contributed by atoms with Crippen LogP contribution in [0.4, 0.5) is 11.6 Å². The van der Waals surface area contributed by atoms with E-state index in [1.54, 1.807) is 37.0 Å². The summed E-state index contributed by atoms with van der Waals surface area (Å²) in [6.07, 6.45) is 5.08. The van der Waals surface area contributed by atoms with E-state index in [4.69, 9.17) is 5.73 Å². The molecule has 0 bridgehead atoms. The van der Waals surface area contributed by atoms with E-state index in [1.165, 1.54) is 0 Å². The second kappa shape index (κ2) is 4.28. The van der Waals surface area contributed by atoms with Crippen LogP contribution >= 0.6 is 0 Å². The summed E-state index contributed by atoms with van der Waals surface area (Å²) in [6, 6.07) is -0.408. The molecule has 0 aromatic carbocycles. The lowest BCUT2D eigenvalue weighted by Gasteiger charge is -2.13. The topological polar surface area (TPSA) is 97.3 Å². The van der Waals surface area contributed by atoms with E-state index in [-0.39, 0.29) is 5.91 Å². The summed E-state index contributed by atoms with van der Waals surface area (Å²) in [6.45, 7) is 1.74. The van der Waals surface area contributed by atoms with Crippen LogP contribution in [0.3, 0.4) is 0 Å². The first kappa shape index (κ1) is 11.2. The molecule has 0 saturated heterocycles. The Morgan fingerprint density at radius 3 is 3.06 bits per heavy atom. The number of amides is 1. The van der Waals surface area contributed by atoms with Gasteiger partial charge in [0.25, 0.3) is 0 Å². The summed E-state index contributed by atoms with van der Waals surface area (Å²) < 4.78 is 1.75. The number of nitrogens with zero attached hydrogens (tertiary/aromatic N) is 3. The number of aromatic nitrogens is 3. The van der Waals surface area contributed by atoms with Crippen LogP contribution in [0, 0.1) is 0 Å². The van der Waals surface area contributed by atoms with Crippen LogP contribution in [-0.4, -0.2) is 33.4 Å². The number of hydrogen-bond donors (Lipinski definition) is 3. The molecule has 2 heterocycles. The number of anilines is 2. The van der Waals surface area contributed by atoms with E-state index >= 15 is 0 Å². The molecule has 0 radical (unpaired) electrons. The van der Waals surface area contributed by atoms with Gasteiger partial charge in [0.2, 0.25) is 5.91 Å². The first-order valence-corrected chi connectivity index (χ1v) is 5.19. The van der Waals surface area contributed by atoms with Crippen molar-refractivity contribution in [2.75, 3.05) is 18.1 Å². The molecular weight excluding hydrogens is 220 g/mol. The van der Waals surface area contributed by atoms with Gasteiger partial charge >= 0.3 is 0 Å². The SMILES string of the molecule is CNC(=O)C(C)Nc1nc(N)cn2ccnc12. The minimum atomic E-state index is -0.408. The van der Waals surface area contributed by atoms with E-state index < -0.39 is 6.04 Å². The third-order valence-corrected chi connectivity index (χ3v) is 2.39. The van der Waals surface area contributed by atoms with Crippen LogP contribution in [0.5, 0.6) is 0 Å². The van der Waals surface area contributed by atoms with Crippen molar-refractivity contribution in [3.05, 3.63) is 18.6 Å². The van der Waals surface area contributed by atoms with Crippen molar-refractivity contribution in [1.29, 1.82) is 0 Å². The quantitative estimate of drug-likeness (QED) is 0.686. The summed E-state index contributed by atoms with van der Waals surface area (Å²) in [7, 11) is 1.58. The summed E-state index contributed by atoms with van der Waals surface area (Å²) >= 11 is 0. The number of carbonyl (C=O) groups excluding carboxylic acids is 1. The number of fused-ring (bicyclic) bond motifs is 1. The summed E-state index contributed by atoms with van der Waals surface area (Å²) in [4.78, 5) is 19.7. The van der Waals surface area contributed by atoms with Crippen molar-refractivity contribution < 1.29 is 4.79 Å². The van der Waals surface area contributed by atoms with E-state index in [1.807, 2.05) is 0 Å². The zero-order valence-electron chi connectivity index (χ0n) is 9.64. The molecule has 1 amide bonds. The maximum atomic E-state index is 11.4. The maximum absolute atomic E-state index is 11.4. The molecule has 0 spiro atoms. The maximum Gasteiger partial charge on any atom is 0.241 e. The number of rotatable bonds is 3. The molecule has 0 aliphatic carbocycles. The number of carbonyl (C=O) groups is 1. The third kappa shape index (κ3) is 2.12. The van der Waals surface area contributed by atoms with E-state index in [2.05, 4.69) is 20.6 Å². The molecule has 2 aromatic rings. The molecule has 1 unspecified atom stereocenters. The first-order chi connectivity index (χ1) is 8.11. The second-order valence-electron chi connectivity index (χ2n) is 3.65. The highest BCUT2D eigenvalue weighted by atomic mass is 16.2. The Hall–Kier alpha value is -2.31. The molecule has 7 heteroatoms. The summed E-state index contributed by atoms with van der Waals surface area (Å²) in [5.41, 5.74) is 6.30. The third-order valence-electron chi connectivity index (χ3n) is 2.39. The normalized spacial score (nSPS) is 12.4. The van der Waals surface area contributed by atoms with Gasteiger partial charge in [-0.1, -0.05) is 0 Å². The summed E-state index contributed by atoms with van der Waals surface area (Å²) in [5.74, 6) is 0.729. The molecule has 90 valence electrons. The smallest absolute Gasteiger partial charge is 0.241 e. The Balaban J connectivity index is 2.34. The molecule has 4 N–H and O–H groups in total. The number of nitrogens with one attached hydrogen (secondary N) is 2. The number of nitrogen functional groups attached to an aromatic ring is 1. The van der Waals surface area contributed by atoms with Gasteiger partial charge in [0.15, 0.2) is 11.5 Å². The molecule has 2 aromatic heterocycles. The molecule has 2 rings (SSSR count). The number of nitrogens with two attached hydrogens (primary N) is 1. The van der Waals surface area contributed by atoms with E-state index in [0.29, 0.717) is 17.3 Å². The Labute approximate surface area is 98.0 Å². The summed E-state index contributed by atoms with van der Waals surface area (Å²) in [5, 5.41) is 5.53. The van der Waals surface area contributed by atoms with Gasteiger partial charge in [-0.05, 0) is 6.92 Å². The Bertz CT molecular complexity index is 549. The zero-order chi connectivity index (χ0) is 12.4. The molecule has 0 aliphatic rings. The predicted octanol–water partition coefficient (Wildman–Crippen LogP) is -0.142. The van der Waals surface area contributed by atoms with Crippen LogP contribution < -0.4 is 16.4 Å².